The molecule has 4 rings (SSSR count). The van der Waals surface area contributed by atoms with E-state index in [9.17, 15) is 28.4 Å². The summed E-state index contributed by atoms with van der Waals surface area (Å²) in [6.45, 7) is 7.06. The lowest BCUT2D eigenvalue weighted by Gasteiger charge is -2.15. The fourth-order valence-electron chi connectivity index (χ4n) is 4.78. The molecule has 0 saturated heterocycles. The highest BCUT2D eigenvalue weighted by atomic mass is 79.9. The van der Waals surface area contributed by atoms with Gasteiger partial charge in [0.05, 0.1) is 23.6 Å². The van der Waals surface area contributed by atoms with Crippen molar-refractivity contribution in [1.29, 1.82) is 0 Å². The second-order valence-corrected chi connectivity index (χ2v) is 17.6. The van der Waals surface area contributed by atoms with Crippen molar-refractivity contribution in [3.05, 3.63) is 105 Å². The van der Waals surface area contributed by atoms with Crippen molar-refractivity contribution in [2.75, 3.05) is 16.0 Å². The number of carbonyl (C=O) groups excluding carboxylic acids is 3. The predicted molar refractivity (Wildman–Crippen MR) is 239 cm³/mol. The number of carboxylic acids is 2. The van der Waals surface area contributed by atoms with Gasteiger partial charge in [0.1, 0.15) is 31.1 Å². The smallest absolute Gasteiger partial charge is 0.312 e. The lowest BCUT2D eigenvalue weighted by atomic mass is 10.1. The Kier molecular flexibility index (Phi) is 19.6. The molecule has 59 heavy (non-hydrogen) atoms. The highest BCUT2D eigenvalue weighted by Gasteiger charge is 2.18. The summed E-state index contributed by atoms with van der Waals surface area (Å²) in [4.78, 5) is 56.8. The van der Waals surface area contributed by atoms with E-state index in [4.69, 9.17) is 42.9 Å². The first kappa shape index (κ1) is 49.6. The van der Waals surface area contributed by atoms with E-state index < -0.39 is 30.1 Å². The second kappa shape index (κ2) is 23.3. The van der Waals surface area contributed by atoms with Gasteiger partial charge in [-0.3, -0.25) is 24.0 Å². The highest BCUT2D eigenvalue weighted by Crippen LogP contribution is 2.38. The van der Waals surface area contributed by atoms with Gasteiger partial charge in [-0.2, -0.15) is 0 Å². The second-order valence-electron chi connectivity index (χ2n) is 13.3. The monoisotopic (exact) mass is 1110 g/mol. The molecule has 0 bridgehead atoms. The zero-order chi connectivity index (χ0) is 44.1. The van der Waals surface area contributed by atoms with Crippen LogP contribution in [0, 0.1) is 17.7 Å². The summed E-state index contributed by atoms with van der Waals surface area (Å²) in [5.41, 5.74) is 2.73. The van der Waals surface area contributed by atoms with E-state index in [2.05, 4.69) is 79.7 Å². The predicted octanol–water partition coefficient (Wildman–Crippen LogP) is 11.6. The molecule has 0 aliphatic rings. The molecule has 0 aromatic heterocycles. The molecule has 0 unspecified atom stereocenters. The van der Waals surface area contributed by atoms with E-state index in [1.807, 2.05) is 0 Å². The Bertz CT molecular complexity index is 2180. The van der Waals surface area contributed by atoms with Crippen LogP contribution in [-0.4, -0.2) is 39.9 Å². The quantitative estimate of drug-likeness (QED) is 0.0683. The Morgan fingerprint density at radius 2 is 1.15 bits per heavy atom. The molecule has 0 aliphatic heterocycles. The van der Waals surface area contributed by atoms with E-state index in [-0.39, 0.29) is 59.6 Å². The van der Waals surface area contributed by atoms with Gasteiger partial charge in [0.2, 0.25) is 17.7 Å². The SMILES string of the molecule is CC(C)C(=O)Nc1cc(Cl)cc(COc2c(Br)cc(CCC(=O)O)cc2Br)c1F.CC(C)C(=O)Nc1cc(Cl)cc(COc2c(Br)cc(NC(=O)CC(=O)O)cc2Br)c1. The van der Waals surface area contributed by atoms with Gasteiger partial charge in [0.25, 0.3) is 0 Å². The summed E-state index contributed by atoms with van der Waals surface area (Å²) < 4.78 is 28.7. The first-order valence-electron chi connectivity index (χ1n) is 17.5. The van der Waals surface area contributed by atoms with Crippen molar-refractivity contribution in [3.8, 4) is 11.5 Å². The van der Waals surface area contributed by atoms with Crippen LogP contribution in [0.1, 0.15) is 57.2 Å². The van der Waals surface area contributed by atoms with Gasteiger partial charge in [0, 0.05) is 45.2 Å². The van der Waals surface area contributed by atoms with Crippen LogP contribution in [0.25, 0.3) is 0 Å². The number of carboxylic acid groups (broad SMARTS) is 2. The summed E-state index contributed by atoms with van der Waals surface area (Å²) in [7, 11) is 0. The molecule has 0 saturated carbocycles. The molecule has 0 spiro atoms. The third-order valence-corrected chi connectivity index (χ3v) is 10.5. The van der Waals surface area contributed by atoms with Crippen molar-refractivity contribution in [1.82, 2.24) is 0 Å². The number of aliphatic carboxylic acids is 2. The van der Waals surface area contributed by atoms with Gasteiger partial charge < -0.3 is 35.6 Å². The minimum atomic E-state index is -1.21. The van der Waals surface area contributed by atoms with E-state index >= 15 is 0 Å². The standard InChI is InChI=1S/C20H19Br2ClFNO4.C20H19Br2ClN2O5/c1-10(2)20(28)25-16-8-13(23)7-12(18(16)24)9-29-19-14(21)5-11(6-15(19)22)3-4-17(26)27;1-10(2)20(29)25-13-4-11(3-12(23)5-13)9-30-19-15(21)6-14(7-16(19)22)24-17(26)8-18(27)28/h5-8,10H,3-4,9H2,1-2H3,(H,25,28)(H,26,27);3-7,10H,8-9H2,1-2H3,(H,24,26)(H,25,29)(H,27,28). The fourth-order valence-corrected chi connectivity index (χ4v) is 8.20. The number of rotatable bonds is 16. The molecular formula is C40H38Br4Cl2FN3O9. The van der Waals surface area contributed by atoms with E-state index in [0.29, 0.717) is 52.2 Å². The molecule has 0 fully saturated rings. The summed E-state index contributed by atoms with van der Waals surface area (Å²) in [5.74, 6) is -3.32. The number of nitrogens with one attached hydrogen (secondary N) is 3. The van der Waals surface area contributed by atoms with Crippen molar-refractivity contribution in [2.45, 2.75) is 60.2 Å². The maximum atomic E-state index is 14.8. The third-order valence-electron chi connectivity index (χ3n) is 7.68. The van der Waals surface area contributed by atoms with Crippen LogP contribution < -0.4 is 25.4 Å². The topological polar surface area (TPSA) is 180 Å². The van der Waals surface area contributed by atoms with Crippen LogP contribution in [0.5, 0.6) is 11.5 Å². The maximum absolute atomic E-state index is 14.8. The number of ether oxygens (including phenoxy) is 2. The molecule has 4 aromatic carbocycles. The van der Waals surface area contributed by atoms with Gasteiger partial charge in [-0.05, 0) is 136 Å². The molecular weight excluding hydrogens is 1080 g/mol. The van der Waals surface area contributed by atoms with Crippen molar-refractivity contribution < 1.29 is 48.0 Å². The van der Waals surface area contributed by atoms with E-state index in [0.717, 1.165) is 11.1 Å². The zero-order valence-electron chi connectivity index (χ0n) is 31.8. The van der Waals surface area contributed by atoms with Crippen molar-refractivity contribution >= 4 is 134 Å². The number of hydrogen-bond donors (Lipinski definition) is 5. The number of carbonyl (C=O) groups is 5. The summed E-state index contributed by atoms with van der Waals surface area (Å²) >= 11 is 25.8. The van der Waals surface area contributed by atoms with Crippen LogP contribution in [0.15, 0.2) is 72.5 Å². The summed E-state index contributed by atoms with van der Waals surface area (Å²) in [6, 6.07) is 14.7. The first-order chi connectivity index (χ1) is 27.6. The van der Waals surface area contributed by atoms with Crippen molar-refractivity contribution in [2.24, 2.45) is 11.8 Å². The Labute approximate surface area is 383 Å². The van der Waals surface area contributed by atoms with Gasteiger partial charge in [-0.1, -0.05) is 50.9 Å². The lowest BCUT2D eigenvalue weighted by molar-refractivity contribution is -0.140. The normalized spacial score (nSPS) is 10.7. The number of amides is 3. The molecule has 0 radical (unpaired) electrons. The van der Waals surface area contributed by atoms with E-state index in [1.54, 1.807) is 70.2 Å². The largest absolute Gasteiger partial charge is 0.487 e. The number of hydrogen-bond acceptors (Lipinski definition) is 7. The van der Waals surface area contributed by atoms with Gasteiger partial charge in [0.15, 0.2) is 5.82 Å². The number of benzene rings is 4. The van der Waals surface area contributed by atoms with E-state index in [1.165, 1.54) is 12.1 Å². The first-order valence-corrected chi connectivity index (χ1v) is 21.4. The lowest BCUT2D eigenvalue weighted by Crippen LogP contribution is -2.19. The van der Waals surface area contributed by atoms with Crippen LogP contribution in [0.3, 0.4) is 0 Å². The Morgan fingerprint density at radius 1 is 0.644 bits per heavy atom. The molecule has 5 N–H and O–H groups in total. The minimum Gasteiger partial charge on any atom is -0.487 e. The van der Waals surface area contributed by atoms with Crippen molar-refractivity contribution in [3.63, 3.8) is 0 Å². The Balaban J connectivity index is 0.000000316. The molecule has 3 amide bonds. The van der Waals surface area contributed by atoms with Crippen LogP contribution >= 0.6 is 86.9 Å². The highest BCUT2D eigenvalue weighted by molar-refractivity contribution is 9.11. The average molecular weight is 1110 g/mol. The molecule has 0 aliphatic carbocycles. The Morgan fingerprint density at radius 3 is 1.69 bits per heavy atom. The third kappa shape index (κ3) is 16.3. The Hall–Kier alpha value is -3.74. The zero-order valence-corrected chi connectivity index (χ0v) is 39.6. The number of halogens is 7. The molecule has 4 aromatic rings. The minimum absolute atomic E-state index is 0.00282. The maximum Gasteiger partial charge on any atom is 0.312 e. The number of aryl methyl sites for hydroxylation is 1. The van der Waals surface area contributed by atoms with Gasteiger partial charge >= 0.3 is 11.9 Å². The van der Waals surface area contributed by atoms with Gasteiger partial charge in [-0.25, -0.2) is 4.39 Å². The molecule has 0 atom stereocenters. The molecule has 19 heteroatoms. The van der Waals surface area contributed by atoms with Crippen LogP contribution in [0.2, 0.25) is 10.0 Å². The number of anilines is 3. The summed E-state index contributed by atoms with van der Waals surface area (Å²) in [6.07, 6.45) is -0.246. The van der Waals surface area contributed by atoms with Crippen LogP contribution in [-0.2, 0) is 43.6 Å². The molecule has 0 heterocycles. The van der Waals surface area contributed by atoms with Gasteiger partial charge in [-0.15, -0.1) is 0 Å². The summed E-state index contributed by atoms with van der Waals surface area (Å²) in [5, 5.41) is 26.1. The fraction of sp³-hybridized carbons (Fsp3) is 0.275. The van der Waals surface area contributed by atoms with Crippen LogP contribution in [0.4, 0.5) is 21.5 Å². The average Bonchev–Trinajstić information content (AvgIpc) is 3.11. The molecule has 12 nitrogen and oxygen atoms in total. The molecule has 316 valence electrons.